The fourth-order valence-electron chi connectivity index (χ4n) is 2.42. The quantitative estimate of drug-likeness (QED) is 0.518. The van der Waals surface area contributed by atoms with Gasteiger partial charge in [-0.1, -0.05) is 13.8 Å². The number of phenolic OH excluding ortho intramolecular Hbond substituents is 1. The Morgan fingerprint density at radius 3 is 2.48 bits per heavy atom. The standard InChI is InChI=1S/C19H18N2O5.K/c1-10(2)15-8-14(4-5-16(15)22)26-17-11(3)6-13(7-12(17)9-20)21-18(23)19(24)25;/h4-8,10,22H,1-3H3,(H,21,23)(H,24,25);/q;+1/p-1. The molecule has 0 spiro atoms. The number of ether oxygens (including phenoxy) is 1. The number of aromatic hydroxyl groups is 1. The number of rotatable bonds is 4. The first-order valence-electron chi connectivity index (χ1n) is 7.80. The molecule has 0 saturated heterocycles. The fourth-order valence-corrected chi connectivity index (χ4v) is 2.42. The molecule has 0 heterocycles. The van der Waals surface area contributed by atoms with Crippen molar-refractivity contribution < 1.29 is 75.9 Å². The maximum absolute atomic E-state index is 11.2. The van der Waals surface area contributed by atoms with E-state index in [2.05, 4.69) is 5.32 Å². The number of nitrogens with zero attached hydrogens (tertiary/aromatic N) is 1. The van der Waals surface area contributed by atoms with E-state index in [9.17, 15) is 25.1 Å². The second-order valence-electron chi connectivity index (χ2n) is 6.00. The van der Waals surface area contributed by atoms with Gasteiger partial charge in [0.2, 0.25) is 0 Å². The molecule has 0 radical (unpaired) electrons. The molecule has 0 atom stereocenters. The van der Waals surface area contributed by atoms with Gasteiger partial charge in [-0.15, -0.1) is 0 Å². The Bertz CT molecular complexity index is 919. The third-order valence-corrected chi connectivity index (χ3v) is 3.68. The minimum absolute atomic E-state index is 0. The van der Waals surface area contributed by atoms with Gasteiger partial charge >= 0.3 is 51.4 Å². The second-order valence-corrected chi connectivity index (χ2v) is 6.00. The zero-order chi connectivity index (χ0) is 19.4. The molecule has 0 saturated carbocycles. The van der Waals surface area contributed by atoms with Crippen molar-refractivity contribution in [3.05, 3.63) is 47.0 Å². The molecular weight excluding hydrogens is 375 g/mol. The summed E-state index contributed by atoms with van der Waals surface area (Å²) in [6, 6.07) is 9.54. The number of carbonyl (C=O) groups excluding carboxylic acids is 2. The van der Waals surface area contributed by atoms with Crippen molar-refractivity contribution in [1.82, 2.24) is 0 Å². The molecule has 0 aliphatic carbocycles. The van der Waals surface area contributed by atoms with Crippen molar-refractivity contribution >= 4 is 17.6 Å². The van der Waals surface area contributed by atoms with E-state index < -0.39 is 11.9 Å². The van der Waals surface area contributed by atoms with E-state index in [-0.39, 0.29) is 80.1 Å². The number of benzene rings is 2. The average Bonchev–Trinajstić information content (AvgIpc) is 2.57. The van der Waals surface area contributed by atoms with Crippen LogP contribution in [0.2, 0.25) is 0 Å². The minimum Gasteiger partial charge on any atom is -0.540 e. The molecule has 0 fully saturated rings. The van der Waals surface area contributed by atoms with Crippen molar-refractivity contribution in [3.63, 3.8) is 0 Å². The number of carbonyl (C=O) groups is 2. The summed E-state index contributed by atoms with van der Waals surface area (Å²) in [5, 5.41) is 31.9. The first-order chi connectivity index (χ1) is 12.2. The summed E-state index contributed by atoms with van der Waals surface area (Å²) in [6.45, 7) is 5.52. The van der Waals surface area contributed by atoms with E-state index in [0.29, 0.717) is 16.9 Å². The summed E-state index contributed by atoms with van der Waals surface area (Å²) < 4.78 is 5.81. The Labute approximate surface area is 199 Å². The summed E-state index contributed by atoms with van der Waals surface area (Å²) >= 11 is 0. The number of carboxylic acid groups (broad SMARTS) is 1. The molecule has 2 aromatic rings. The first-order valence-corrected chi connectivity index (χ1v) is 7.80. The number of hydrogen-bond donors (Lipinski definition) is 2. The van der Waals surface area contributed by atoms with E-state index in [0.717, 1.165) is 0 Å². The zero-order valence-corrected chi connectivity index (χ0v) is 18.6. The van der Waals surface area contributed by atoms with E-state index in [1.807, 2.05) is 19.9 Å². The average molecular weight is 392 g/mol. The van der Waals surface area contributed by atoms with Crippen LogP contribution in [0.1, 0.15) is 36.5 Å². The van der Waals surface area contributed by atoms with Gasteiger partial charge in [-0.25, -0.2) is 0 Å². The topological polar surface area (TPSA) is 122 Å². The van der Waals surface area contributed by atoms with Gasteiger partial charge in [0.1, 0.15) is 29.3 Å². The van der Waals surface area contributed by atoms with Gasteiger partial charge in [0.05, 0.1) is 5.56 Å². The smallest absolute Gasteiger partial charge is 0.540 e. The minimum atomic E-state index is -1.87. The van der Waals surface area contributed by atoms with Gasteiger partial charge in [0, 0.05) is 11.3 Å². The maximum atomic E-state index is 11.2. The molecule has 0 unspecified atom stereocenters. The molecular formula is C19H17KN2O5. The van der Waals surface area contributed by atoms with E-state index in [4.69, 9.17) is 4.74 Å². The van der Waals surface area contributed by atoms with Gasteiger partial charge in [0.15, 0.2) is 0 Å². The molecule has 2 rings (SSSR count). The molecule has 0 aliphatic rings. The van der Waals surface area contributed by atoms with Gasteiger partial charge in [0.25, 0.3) is 5.91 Å². The molecule has 1 amide bonds. The van der Waals surface area contributed by atoms with Gasteiger partial charge in [-0.05, 0) is 48.7 Å². The van der Waals surface area contributed by atoms with Crippen LogP contribution in [-0.2, 0) is 9.59 Å². The Morgan fingerprint density at radius 2 is 1.93 bits per heavy atom. The third-order valence-electron chi connectivity index (χ3n) is 3.68. The summed E-state index contributed by atoms with van der Waals surface area (Å²) in [5.41, 5.74) is 1.50. The molecule has 27 heavy (non-hydrogen) atoms. The predicted octanol–water partition coefficient (Wildman–Crippen LogP) is -0.820. The number of aliphatic carboxylic acids is 1. The molecule has 8 heteroatoms. The number of anilines is 1. The normalized spacial score (nSPS) is 9.89. The van der Waals surface area contributed by atoms with Crippen LogP contribution in [0.4, 0.5) is 5.69 Å². The molecule has 0 aliphatic heterocycles. The van der Waals surface area contributed by atoms with E-state index in [1.165, 1.54) is 18.2 Å². The van der Waals surface area contributed by atoms with Crippen LogP contribution in [0, 0.1) is 18.3 Å². The Hall–Kier alpha value is -1.89. The number of carboxylic acids is 1. The fraction of sp³-hybridized carbons (Fsp3) is 0.211. The molecule has 2 aromatic carbocycles. The molecule has 2 N–H and O–H groups in total. The number of hydrogen-bond acceptors (Lipinski definition) is 6. The van der Waals surface area contributed by atoms with E-state index in [1.54, 1.807) is 19.1 Å². The van der Waals surface area contributed by atoms with Crippen molar-refractivity contribution in [3.8, 4) is 23.3 Å². The van der Waals surface area contributed by atoms with Crippen LogP contribution in [-0.4, -0.2) is 17.0 Å². The van der Waals surface area contributed by atoms with Crippen LogP contribution < -0.4 is 66.5 Å². The Balaban J connectivity index is 0.00000364. The van der Waals surface area contributed by atoms with Crippen LogP contribution in [0.25, 0.3) is 0 Å². The van der Waals surface area contributed by atoms with Gasteiger partial charge in [-0.2, -0.15) is 5.26 Å². The molecule has 134 valence electrons. The van der Waals surface area contributed by atoms with Crippen LogP contribution in [0.15, 0.2) is 30.3 Å². The number of nitrogens with one attached hydrogen (secondary N) is 1. The predicted molar refractivity (Wildman–Crippen MR) is 91.8 cm³/mol. The van der Waals surface area contributed by atoms with Crippen molar-refractivity contribution in [1.29, 1.82) is 5.26 Å². The van der Waals surface area contributed by atoms with Crippen molar-refractivity contribution in [2.45, 2.75) is 26.7 Å². The number of nitriles is 1. The molecule has 7 nitrogen and oxygen atoms in total. The van der Waals surface area contributed by atoms with Crippen LogP contribution in [0.3, 0.4) is 0 Å². The molecule has 0 aromatic heterocycles. The monoisotopic (exact) mass is 392 g/mol. The largest absolute Gasteiger partial charge is 1.00 e. The number of aryl methyl sites for hydroxylation is 1. The molecule has 0 bridgehead atoms. The van der Waals surface area contributed by atoms with Crippen LogP contribution in [0.5, 0.6) is 17.2 Å². The van der Waals surface area contributed by atoms with Gasteiger partial charge in [-0.3, -0.25) is 4.79 Å². The summed E-state index contributed by atoms with van der Waals surface area (Å²) in [4.78, 5) is 21.8. The van der Waals surface area contributed by atoms with Crippen LogP contribution >= 0.6 is 0 Å². The summed E-state index contributed by atoms with van der Waals surface area (Å²) in [5.74, 6) is -2.21. The van der Waals surface area contributed by atoms with Crippen molar-refractivity contribution in [2.24, 2.45) is 0 Å². The second kappa shape index (κ2) is 9.87. The third kappa shape index (κ3) is 5.79. The van der Waals surface area contributed by atoms with Crippen molar-refractivity contribution in [2.75, 3.05) is 5.32 Å². The number of phenols is 1. The SMILES string of the molecule is Cc1cc(NC(=O)C(=O)[O-])cc(C#N)c1Oc1ccc(O)c(C(C)C)c1.[K+]. The zero-order valence-electron chi connectivity index (χ0n) is 15.5. The summed E-state index contributed by atoms with van der Waals surface area (Å²) in [6.07, 6.45) is 0. The first kappa shape index (κ1) is 23.1. The maximum Gasteiger partial charge on any atom is 1.00 e. The number of amides is 1. The Kier molecular flexibility index (Phi) is 8.46. The Morgan fingerprint density at radius 1 is 1.26 bits per heavy atom. The van der Waals surface area contributed by atoms with E-state index >= 15 is 0 Å². The summed E-state index contributed by atoms with van der Waals surface area (Å²) in [7, 11) is 0. The van der Waals surface area contributed by atoms with Gasteiger partial charge < -0.3 is 25.1 Å².